The Balaban J connectivity index is 2.09. The molecule has 0 heterocycles. The predicted octanol–water partition coefficient (Wildman–Crippen LogP) is 3.74. The second-order valence-electron chi connectivity index (χ2n) is 6.13. The summed E-state index contributed by atoms with van der Waals surface area (Å²) in [5, 5.41) is 12.8. The van der Waals surface area contributed by atoms with Crippen LogP contribution in [0.5, 0.6) is 0 Å². The maximum absolute atomic E-state index is 13.0. The number of benzene rings is 1. The number of aliphatic hydroxyl groups is 1. The highest BCUT2D eigenvalue weighted by Gasteiger charge is 2.35. The molecular weight excluding hydrogens is 279 g/mol. The average Bonchev–Trinajstić information content (AvgIpc) is 2.47. The fourth-order valence-corrected chi connectivity index (χ4v) is 2.94. The summed E-state index contributed by atoms with van der Waals surface area (Å²) in [5.41, 5.74) is -0.809. The molecule has 0 radical (unpaired) electrons. The van der Waals surface area contributed by atoms with Gasteiger partial charge in [-0.05, 0) is 43.2 Å². The third-order valence-corrected chi connectivity index (χ3v) is 4.51. The van der Waals surface area contributed by atoms with Gasteiger partial charge in [0.25, 0.3) is 0 Å². The van der Waals surface area contributed by atoms with Gasteiger partial charge in [-0.25, -0.2) is 0 Å². The van der Waals surface area contributed by atoms with E-state index in [0.29, 0.717) is 5.92 Å². The van der Waals surface area contributed by atoms with Crippen molar-refractivity contribution in [2.24, 2.45) is 5.92 Å². The molecule has 1 aromatic rings. The van der Waals surface area contributed by atoms with E-state index in [9.17, 15) is 18.3 Å². The second kappa shape index (κ2) is 6.36. The average molecular weight is 301 g/mol. The van der Waals surface area contributed by atoms with E-state index in [1.165, 1.54) is 12.1 Å². The zero-order chi connectivity index (χ0) is 15.5. The lowest BCUT2D eigenvalue weighted by Gasteiger charge is -2.39. The predicted molar refractivity (Wildman–Crippen MR) is 75.7 cm³/mol. The molecule has 0 atom stereocenters. The van der Waals surface area contributed by atoms with Crippen molar-refractivity contribution >= 4 is 0 Å². The van der Waals surface area contributed by atoms with E-state index in [4.69, 9.17) is 0 Å². The van der Waals surface area contributed by atoms with E-state index < -0.39 is 17.3 Å². The summed E-state index contributed by atoms with van der Waals surface area (Å²) in [6.45, 7) is 2.26. The van der Waals surface area contributed by atoms with Gasteiger partial charge in [-0.2, -0.15) is 13.2 Å². The number of rotatable bonds is 4. The topological polar surface area (TPSA) is 32.3 Å². The van der Waals surface area contributed by atoms with Crippen molar-refractivity contribution in [2.45, 2.75) is 50.9 Å². The van der Waals surface area contributed by atoms with Crippen LogP contribution in [0.1, 0.15) is 43.7 Å². The second-order valence-corrected chi connectivity index (χ2v) is 6.13. The Morgan fingerprint density at radius 1 is 1.24 bits per heavy atom. The van der Waals surface area contributed by atoms with Crippen molar-refractivity contribution in [3.8, 4) is 0 Å². The molecule has 0 spiro atoms. The lowest BCUT2D eigenvalue weighted by Crippen LogP contribution is -2.50. The minimum atomic E-state index is -4.34. The van der Waals surface area contributed by atoms with Crippen molar-refractivity contribution < 1.29 is 18.3 Å². The Morgan fingerprint density at radius 3 is 2.43 bits per heavy atom. The van der Waals surface area contributed by atoms with E-state index in [1.807, 2.05) is 0 Å². The van der Waals surface area contributed by atoms with E-state index in [1.54, 1.807) is 6.07 Å². The van der Waals surface area contributed by atoms with Crippen LogP contribution in [-0.4, -0.2) is 17.3 Å². The SMILES string of the molecule is CC1CCC(CO)(NCc2ccccc2C(F)(F)F)CC1. The maximum Gasteiger partial charge on any atom is 0.416 e. The largest absolute Gasteiger partial charge is 0.416 e. The molecule has 1 fully saturated rings. The minimum Gasteiger partial charge on any atom is -0.394 e. The van der Waals surface area contributed by atoms with Crippen LogP contribution >= 0.6 is 0 Å². The smallest absolute Gasteiger partial charge is 0.394 e. The molecule has 2 rings (SSSR count). The zero-order valence-corrected chi connectivity index (χ0v) is 12.2. The first-order valence-corrected chi connectivity index (χ1v) is 7.37. The van der Waals surface area contributed by atoms with Gasteiger partial charge in [0, 0.05) is 12.1 Å². The summed E-state index contributed by atoms with van der Waals surface area (Å²) >= 11 is 0. The van der Waals surface area contributed by atoms with Crippen LogP contribution in [0.4, 0.5) is 13.2 Å². The highest BCUT2D eigenvalue weighted by molar-refractivity contribution is 5.29. The molecular formula is C16H22F3NO. The summed E-state index contributed by atoms with van der Waals surface area (Å²) in [6, 6.07) is 5.61. The molecule has 1 aliphatic rings. The maximum atomic E-state index is 13.0. The Morgan fingerprint density at radius 2 is 1.86 bits per heavy atom. The molecule has 1 saturated carbocycles. The van der Waals surface area contributed by atoms with Gasteiger partial charge in [-0.3, -0.25) is 0 Å². The molecule has 0 bridgehead atoms. The van der Waals surface area contributed by atoms with Gasteiger partial charge in [-0.1, -0.05) is 25.1 Å². The molecule has 0 aromatic heterocycles. The number of nitrogens with one attached hydrogen (secondary N) is 1. The third-order valence-electron chi connectivity index (χ3n) is 4.51. The minimum absolute atomic E-state index is 0.0338. The molecule has 2 N–H and O–H groups in total. The van der Waals surface area contributed by atoms with Crippen LogP contribution in [-0.2, 0) is 12.7 Å². The van der Waals surface area contributed by atoms with Crippen molar-refractivity contribution in [1.82, 2.24) is 5.32 Å². The Hall–Kier alpha value is -1.07. The first-order chi connectivity index (χ1) is 9.86. The molecule has 0 unspecified atom stereocenters. The summed E-state index contributed by atoms with van der Waals surface area (Å²) in [7, 11) is 0. The van der Waals surface area contributed by atoms with Gasteiger partial charge in [0.15, 0.2) is 0 Å². The lowest BCUT2D eigenvalue weighted by atomic mass is 9.77. The third kappa shape index (κ3) is 3.98. The van der Waals surface area contributed by atoms with Crippen LogP contribution < -0.4 is 5.32 Å². The molecule has 0 amide bonds. The fraction of sp³-hybridized carbons (Fsp3) is 0.625. The molecule has 21 heavy (non-hydrogen) atoms. The van der Waals surface area contributed by atoms with Crippen LogP contribution in [0, 0.1) is 5.92 Å². The normalized spacial score (nSPS) is 26.8. The number of aliphatic hydroxyl groups excluding tert-OH is 1. The Kier molecular flexibility index (Phi) is 4.94. The van der Waals surface area contributed by atoms with Crippen LogP contribution in [0.25, 0.3) is 0 Å². The molecule has 0 aliphatic heterocycles. The highest BCUT2D eigenvalue weighted by Crippen LogP contribution is 2.34. The monoisotopic (exact) mass is 301 g/mol. The number of hydrogen-bond acceptors (Lipinski definition) is 2. The molecule has 0 saturated heterocycles. The first-order valence-electron chi connectivity index (χ1n) is 7.37. The van der Waals surface area contributed by atoms with E-state index in [-0.39, 0.29) is 18.7 Å². The molecule has 1 aliphatic carbocycles. The van der Waals surface area contributed by atoms with Gasteiger partial charge in [0.2, 0.25) is 0 Å². The number of hydrogen-bond donors (Lipinski definition) is 2. The van der Waals surface area contributed by atoms with Crippen molar-refractivity contribution in [3.05, 3.63) is 35.4 Å². The van der Waals surface area contributed by atoms with Crippen LogP contribution in [0.15, 0.2) is 24.3 Å². The van der Waals surface area contributed by atoms with Gasteiger partial charge in [0.05, 0.1) is 12.2 Å². The zero-order valence-electron chi connectivity index (χ0n) is 12.2. The molecule has 118 valence electrons. The Labute approximate surface area is 123 Å². The fourth-order valence-electron chi connectivity index (χ4n) is 2.94. The Bertz CT molecular complexity index is 465. The number of alkyl halides is 3. The first kappa shape index (κ1) is 16.3. The lowest BCUT2D eigenvalue weighted by molar-refractivity contribution is -0.138. The summed E-state index contributed by atoms with van der Waals surface area (Å²) < 4.78 is 38.9. The van der Waals surface area contributed by atoms with E-state index in [2.05, 4.69) is 12.2 Å². The van der Waals surface area contributed by atoms with Gasteiger partial charge < -0.3 is 10.4 Å². The highest BCUT2D eigenvalue weighted by atomic mass is 19.4. The standard InChI is InChI=1S/C16H22F3NO/c1-12-6-8-15(11-21,9-7-12)20-10-13-4-2-3-5-14(13)16(17,18)19/h2-5,12,20-21H,6-11H2,1H3. The molecule has 1 aromatic carbocycles. The van der Waals surface area contributed by atoms with Gasteiger partial charge >= 0.3 is 6.18 Å². The summed E-state index contributed by atoms with van der Waals surface area (Å²) in [4.78, 5) is 0. The van der Waals surface area contributed by atoms with Gasteiger partial charge in [-0.15, -0.1) is 0 Å². The van der Waals surface area contributed by atoms with Crippen molar-refractivity contribution in [1.29, 1.82) is 0 Å². The van der Waals surface area contributed by atoms with Crippen LogP contribution in [0.3, 0.4) is 0 Å². The van der Waals surface area contributed by atoms with E-state index in [0.717, 1.165) is 31.7 Å². The van der Waals surface area contributed by atoms with Crippen molar-refractivity contribution in [3.63, 3.8) is 0 Å². The van der Waals surface area contributed by atoms with Gasteiger partial charge in [0.1, 0.15) is 0 Å². The molecule has 5 heteroatoms. The summed E-state index contributed by atoms with van der Waals surface area (Å²) in [5.74, 6) is 0.619. The van der Waals surface area contributed by atoms with Crippen molar-refractivity contribution in [2.75, 3.05) is 6.61 Å². The van der Waals surface area contributed by atoms with Crippen LogP contribution in [0.2, 0.25) is 0 Å². The number of halogens is 3. The quantitative estimate of drug-likeness (QED) is 0.888. The summed E-state index contributed by atoms with van der Waals surface area (Å²) in [6.07, 6.45) is -0.744. The molecule has 2 nitrogen and oxygen atoms in total. The van der Waals surface area contributed by atoms with E-state index >= 15 is 0 Å².